The van der Waals surface area contributed by atoms with Crippen LogP contribution in [0.4, 0.5) is 5.69 Å². The highest BCUT2D eigenvalue weighted by Crippen LogP contribution is 2.32. The molecule has 1 aliphatic rings. The van der Waals surface area contributed by atoms with Crippen molar-refractivity contribution in [3.63, 3.8) is 0 Å². The number of amides is 1. The molecule has 4 heteroatoms. The first-order valence-corrected chi connectivity index (χ1v) is 6.58. The fourth-order valence-electron chi connectivity index (χ4n) is 2.63. The van der Waals surface area contributed by atoms with Crippen LogP contribution in [-0.2, 0) is 9.59 Å². The topological polar surface area (TPSA) is 66.4 Å². The minimum atomic E-state index is -0.790. The molecule has 1 amide bonds. The minimum absolute atomic E-state index is 0.0595. The number of hydrogen-bond donors (Lipinski definition) is 2. The standard InChI is InChI=1S/C15H19NO3/c1-9-3-6-13(10(2)7-9)16-14(17)11-4-5-12(8-11)15(18)19/h3,6-7,11-12H,4-5,8H2,1-2H3,(H,16,17)(H,18,19). The summed E-state index contributed by atoms with van der Waals surface area (Å²) in [6.45, 7) is 3.96. The molecule has 19 heavy (non-hydrogen) atoms. The summed E-state index contributed by atoms with van der Waals surface area (Å²) in [7, 11) is 0. The lowest BCUT2D eigenvalue weighted by atomic mass is 10.0. The summed E-state index contributed by atoms with van der Waals surface area (Å²) >= 11 is 0. The molecule has 1 aromatic rings. The molecule has 0 aliphatic heterocycles. The van der Waals surface area contributed by atoms with Crippen molar-refractivity contribution in [2.45, 2.75) is 33.1 Å². The smallest absolute Gasteiger partial charge is 0.306 e. The van der Waals surface area contributed by atoms with Crippen molar-refractivity contribution >= 4 is 17.6 Å². The van der Waals surface area contributed by atoms with Gasteiger partial charge in [0.05, 0.1) is 5.92 Å². The summed E-state index contributed by atoms with van der Waals surface area (Å²) in [4.78, 5) is 23.0. The largest absolute Gasteiger partial charge is 0.481 e. The monoisotopic (exact) mass is 261 g/mol. The average Bonchev–Trinajstić information content (AvgIpc) is 2.82. The van der Waals surface area contributed by atoms with Gasteiger partial charge in [0.2, 0.25) is 5.91 Å². The Bertz CT molecular complexity index is 510. The van der Waals surface area contributed by atoms with Crippen molar-refractivity contribution in [3.05, 3.63) is 29.3 Å². The van der Waals surface area contributed by atoms with Crippen LogP contribution in [0, 0.1) is 25.7 Å². The highest BCUT2D eigenvalue weighted by Gasteiger charge is 2.33. The van der Waals surface area contributed by atoms with Crippen LogP contribution in [0.2, 0.25) is 0 Å². The molecule has 102 valence electrons. The number of hydrogen-bond acceptors (Lipinski definition) is 2. The molecule has 0 radical (unpaired) electrons. The molecule has 1 aromatic carbocycles. The van der Waals surface area contributed by atoms with Crippen molar-refractivity contribution in [2.75, 3.05) is 5.32 Å². The molecule has 0 saturated heterocycles. The van der Waals surface area contributed by atoms with Crippen LogP contribution < -0.4 is 5.32 Å². The van der Waals surface area contributed by atoms with E-state index in [0.29, 0.717) is 19.3 Å². The molecule has 1 fully saturated rings. The van der Waals surface area contributed by atoms with E-state index in [-0.39, 0.29) is 17.7 Å². The average molecular weight is 261 g/mol. The van der Waals surface area contributed by atoms with Gasteiger partial charge in [-0.3, -0.25) is 9.59 Å². The molecule has 2 rings (SSSR count). The van der Waals surface area contributed by atoms with Crippen LogP contribution in [-0.4, -0.2) is 17.0 Å². The Balaban J connectivity index is 2.00. The highest BCUT2D eigenvalue weighted by atomic mass is 16.4. The summed E-state index contributed by atoms with van der Waals surface area (Å²) in [5.74, 6) is -1.39. The third-order valence-corrected chi connectivity index (χ3v) is 3.79. The molecule has 2 atom stereocenters. The fourth-order valence-corrected chi connectivity index (χ4v) is 2.63. The lowest BCUT2D eigenvalue weighted by Gasteiger charge is -2.13. The van der Waals surface area contributed by atoms with E-state index in [4.69, 9.17) is 5.11 Å². The third kappa shape index (κ3) is 3.13. The summed E-state index contributed by atoms with van der Waals surface area (Å²) in [6.07, 6.45) is 1.71. The van der Waals surface area contributed by atoms with Gasteiger partial charge >= 0.3 is 5.97 Å². The van der Waals surface area contributed by atoms with E-state index in [2.05, 4.69) is 5.32 Å². The van der Waals surface area contributed by atoms with Crippen molar-refractivity contribution in [1.29, 1.82) is 0 Å². The lowest BCUT2D eigenvalue weighted by molar-refractivity contribution is -0.141. The first-order valence-electron chi connectivity index (χ1n) is 6.58. The molecule has 0 heterocycles. The predicted octanol–water partition coefficient (Wildman–Crippen LogP) is 2.74. The van der Waals surface area contributed by atoms with E-state index in [1.54, 1.807) is 0 Å². The minimum Gasteiger partial charge on any atom is -0.481 e. The molecule has 4 nitrogen and oxygen atoms in total. The second-order valence-corrected chi connectivity index (χ2v) is 5.35. The van der Waals surface area contributed by atoms with Crippen molar-refractivity contribution in [1.82, 2.24) is 0 Å². The van der Waals surface area contributed by atoms with Crippen LogP contribution >= 0.6 is 0 Å². The maximum atomic E-state index is 12.1. The molecule has 0 bridgehead atoms. The second kappa shape index (κ2) is 5.43. The molecule has 0 aromatic heterocycles. The van der Waals surface area contributed by atoms with Crippen LogP contribution in [0.3, 0.4) is 0 Å². The number of carboxylic acid groups (broad SMARTS) is 1. The normalized spacial score (nSPS) is 22.2. The van der Waals surface area contributed by atoms with Crippen molar-refractivity contribution < 1.29 is 14.7 Å². The number of nitrogens with one attached hydrogen (secondary N) is 1. The Morgan fingerprint density at radius 1 is 1.21 bits per heavy atom. The Labute approximate surface area is 112 Å². The van der Waals surface area contributed by atoms with E-state index in [0.717, 1.165) is 16.8 Å². The van der Waals surface area contributed by atoms with Gasteiger partial charge in [-0.05, 0) is 44.7 Å². The SMILES string of the molecule is Cc1ccc(NC(=O)C2CCC(C(=O)O)C2)c(C)c1. The number of rotatable bonds is 3. The number of anilines is 1. The summed E-state index contributed by atoms with van der Waals surface area (Å²) in [5, 5.41) is 11.9. The zero-order chi connectivity index (χ0) is 14.0. The predicted molar refractivity (Wildman–Crippen MR) is 73.0 cm³/mol. The van der Waals surface area contributed by atoms with E-state index < -0.39 is 5.97 Å². The molecule has 1 saturated carbocycles. The zero-order valence-corrected chi connectivity index (χ0v) is 11.3. The van der Waals surface area contributed by atoms with Crippen molar-refractivity contribution in [3.8, 4) is 0 Å². The van der Waals surface area contributed by atoms with Crippen LogP contribution in [0.25, 0.3) is 0 Å². The number of benzene rings is 1. The molecular weight excluding hydrogens is 242 g/mol. The van der Waals surface area contributed by atoms with Crippen molar-refractivity contribution in [2.24, 2.45) is 11.8 Å². The van der Waals surface area contributed by atoms with Gasteiger partial charge in [0.25, 0.3) is 0 Å². The number of carbonyl (C=O) groups is 2. The Hall–Kier alpha value is -1.84. The summed E-state index contributed by atoms with van der Waals surface area (Å²) in [6, 6.07) is 5.87. The number of aryl methyl sites for hydroxylation is 2. The van der Waals surface area contributed by atoms with Gasteiger partial charge < -0.3 is 10.4 Å². The molecule has 2 N–H and O–H groups in total. The molecular formula is C15H19NO3. The van der Waals surface area contributed by atoms with E-state index in [1.807, 2.05) is 32.0 Å². The molecule has 0 spiro atoms. The van der Waals surface area contributed by atoms with E-state index in [1.165, 1.54) is 0 Å². The Morgan fingerprint density at radius 3 is 2.47 bits per heavy atom. The van der Waals surface area contributed by atoms with Gasteiger partial charge in [-0.1, -0.05) is 17.7 Å². The van der Waals surface area contributed by atoms with E-state index >= 15 is 0 Å². The van der Waals surface area contributed by atoms with Gasteiger partial charge in [-0.25, -0.2) is 0 Å². The lowest BCUT2D eigenvalue weighted by Crippen LogP contribution is -2.22. The van der Waals surface area contributed by atoms with Crippen LogP contribution in [0.1, 0.15) is 30.4 Å². The number of carboxylic acids is 1. The maximum Gasteiger partial charge on any atom is 0.306 e. The molecule has 2 unspecified atom stereocenters. The third-order valence-electron chi connectivity index (χ3n) is 3.79. The first-order chi connectivity index (χ1) is 8.97. The fraction of sp³-hybridized carbons (Fsp3) is 0.467. The quantitative estimate of drug-likeness (QED) is 0.879. The van der Waals surface area contributed by atoms with Gasteiger partial charge in [0, 0.05) is 11.6 Å². The summed E-state index contributed by atoms with van der Waals surface area (Å²) < 4.78 is 0. The number of aliphatic carboxylic acids is 1. The van der Waals surface area contributed by atoms with Gasteiger partial charge in [-0.15, -0.1) is 0 Å². The highest BCUT2D eigenvalue weighted by molar-refractivity contribution is 5.93. The van der Waals surface area contributed by atoms with Gasteiger partial charge in [-0.2, -0.15) is 0 Å². The summed E-state index contributed by atoms with van der Waals surface area (Å²) in [5.41, 5.74) is 3.00. The number of carbonyl (C=O) groups excluding carboxylic acids is 1. The van der Waals surface area contributed by atoms with Crippen LogP contribution in [0.5, 0.6) is 0 Å². The Morgan fingerprint density at radius 2 is 1.89 bits per heavy atom. The first kappa shape index (κ1) is 13.6. The van der Waals surface area contributed by atoms with Gasteiger partial charge in [0.1, 0.15) is 0 Å². The van der Waals surface area contributed by atoms with Gasteiger partial charge in [0.15, 0.2) is 0 Å². The van der Waals surface area contributed by atoms with Crippen LogP contribution in [0.15, 0.2) is 18.2 Å². The second-order valence-electron chi connectivity index (χ2n) is 5.35. The molecule has 1 aliphatic carbocycles. The maximum absolute atomic E-state index is 12.1. The van der Waals surface area contributed by atoms with E-state index in [9.17, 15) is 9.59 Å². The Kier molecular flexibility index (Phi) is 3.88. The zero-order valence-electron chi connectivity index (χ0n) is 11.3.